The van der Waals surface area contributed by atoms with Crippen molar-refractivity contribution < 1.29 is 14.5 Å². The molecule has 0 radical (unpaired) electrons. The van der Waals surface area contributed by atoms with Crippen molar-refractivity contribution in [1.82, 2.24) is 9.05 Å². The minimum Gasteiger partial charge on any atom is -0.462 e. The summed E-state index contributed by atoms with van der Waals surface area (Å²) < 4.78 is 8.22. The van der Waals surface area contributed by atoms with Crippen molar-refractivity contribution in [2.45, 2.75) is 32.2 Å². The molecule has 0 saturated heterocycles. The Labute approximate surface area is 182 Å². The maximum absolute atomic E-state index is 12.2. The fraction of sp³-hybridized carbons (Fsp3) is 0.375. The monoisotopic (exact) mass is 424 g/mol. The van der Waals surface area contributed by atoms with E-state index in [-0.39, 0.29) is 16.6 Å². The number of fused-ring (bicyclic) bond motifs is 1. The third kappa shape index (κ3) is 5.92. The second-order valence-electron chi connectivity index (χ2n) is 8.62. The summed E-state index contributed by atoms with van der Waals surface area (Å²) in [5.41, 5.74) is 2.84. The molecule has 3 aromatic rings. The van der Waals surface area contributed by atoms with Gasteiger partial charge in [0.15, 0.2) is 0 Å². The predicted octanol–water partition coefficient (Wildman–Crippen LogP) is 5.16. The lowest BCUT2D eigenvalue weighted by Crippen LogP contribution is -2.34. The van der Waals surface area contributed by atoms with Gasteiger partial charge in [-0.15, -0.1) is 0 Å². The maximum atomic E-state index is 12.2. The predicted molar refractivity (Wildman–Crippen MR) is 123 cm³/mol. The number of nitrogens with zero attached hydrogens (tertiary/aromatic N) is 3. The zero-order valence-corrected chi connectivity index (χ0v) is 18.4. The van der Waals surface area contributed by atoms with E-state index in [9.17, 15) is 14.9 Å². The van der Waals surface area contributed by atoms with Gasteiger partial charge in [0.2, 0.25) is 0 Å². The number of non-ortho nitro benzene ring substituents is 1. The van der Waals surface area contributed by atoms with Crippen molar-refractivity contribution in [3.63, 3.8) is 0 Å². The Morgan fingerprint density at radius 1 is 1.00 bits per heavy atom. The van der Waals surface area contributed by atoms with E-state index in [0.717, 1.165) is 48.8 Å². The number of hydrogen-bond donors (Lipinski definition) is 0. The number of nitro benzene ring substituents is 1. The number of quaternary nitrogens is 1. The minimum atomic E-state index is -0.371. The molecule has 7 heteroatoms. The second kappa shape index (κ2) is 9.75. The van der Waals surface area contributed by atoms with Crippen LogP contribution in [0.1, 0.15) is 36.0 Å². The van der Waals surface area contributed by atoms with Gasteiger partial charge in [-0.3, -0.25) is 14.6 Å². The van der Waals surface area contributed by atoms with Crippen molar-refractivity contribution in [2.75, 3.05) is 27.7 Å². The maximum Gasteiger partial charge on any atom is 0.338 e. The van der Waals surface area contributed by atoms with E-state index in [1.165, 1.54) is 0 Å². The van der Waals surface area contributed by atoms with Crippen LogP contribution in [-0.4, -0.2) is 43.2 Å². The van der Waals surface area contributed by atoms with Gasteiger partial charge in [-0.1, -0.05) is 6.42 Å². The Hall–Kier alpha value is -3.19. The van der Waals surface area contributed by atoms with Gasteiger partial charge in [0.1, 0.15) is 5.69 Å². The molecule has 164 valence electrons. The number of benzene rings is 2. The largest absolute Gasteiger partial charge is 0.462 e. The van der Waals surface area contributed by atoms with Gasteiger partial charge in [0.25, 0.3) is 5.69 Å². The summed E-state index contributed by atoms with van der Waals surface area (Å²) in [6.07, 6.45) is 5.82. The van der Waals surface area contributed by atoms with Crippen molar-refractivity contribution in [1.29, 1.82) is 0 Å². The SMILES string of the molecule is C[N+](C)(C)c1ccc(C(=O)OCCCCCCn2ccc3cc([N+](=O)[O-])ccc32)cc1. The molecule has 0 bridgehead atoms. The number of rotatable bonds is 10. The summed E-state index contributed by atoms with van der Waals surface area (Å²) in [6, 6.07) is 14.4. The van der Waals surface area contributed by atoms with Crippen LogP contribution in [0.15, 0.2) is 54.7 Å². The lowest BCUT2D eigenvalue weighted by atomic mass is 10.2. The fourth-order valence-corrected chi connectivity index (χ4v) is 3.53. The number of carbonyl (C=O) groups excluding carboxylic acids is 1. The van der Waals surface area contributed by atoms with Crippen molar-refractivity contribution in [3.8, 4) is 0 Å². The number of esters is 1. The first-order valence-electron chi connectivity index (χ1n) is 10.6. The molecule has 0 atom stereocenters. The second-order valence-corrected chi connectivity index (χ2v) is 8.62. The van der Waals surface area contributed by atoms with Gasteiger partial charge >= 0.3 is 5.97 Å². The number of carbonyl (C=O) groups is 1. The topological polar surface area (TPSA) is 74.4 Å². The molecule has 0 unspecified atom stereocenters. The Morgan fingerprint density at radius 2 is 1.71 bits per heavy atom. The molecule has 0 saturated carbocycles. The fourth-order valence-electron chi connectivity index (χ4n) is 3.53. The van der Waals surface area contributed by atoms with Gasteiger partial charge < -0.3 is 9.30 Å². The lowest BCUT2D eigenvalue weighted by molar-refractivity contribution is -0.384. The summed E-state index contributed by atoms with van der Waals surface area (Å²) in [6.45, 7) is 1.28. The number of unbranched alkanes of at least 4 members (excludes halogenated alkanes) is 3. The van der Waals surface area contributed by atoms with Crippen molar-refractivity contribution in [3.05, 3.63) is 70.4 Å². The summed E-state index contributed by atoms with van der Waals surface area (Å²) in [7, 11) is 6.24. The zero-order chi connectivity index (χ0) is 22.4. The quantitative estimate of drug-likeness (QED) is 0.148. The van der Waals surface area contributed by atoms with E-state index < -0.39 is 0 Å². The third-order valence-corrected chi connectivity index (χ3v) is 5.37. The average molecular weight is 425 g/mol. The molecule has 1 heterocycles. The molecule has 0 fully saturated rings. The summed E-state index contributed by atoms with van der Waals surface area (Å²) in [5.74, 6) is -0.277. The van der Waals surface area contributed by atoms with E-state index in [1.807, 2.05) is 36.5 Å². The van der Waals surface area contributed by atoms with Crippen LogP contribution in [0.3, 0.4) is 0 Å². The molecule has 0 aliphatic heterocycles. The molecule has 0 amide bonds. The first kappa shape index (κ1) is 22.5. The minimum absolute atomic E-state index is 0.115. The number of aryl methyl sites for hydroxylation is 1. The van der Waals surface area contributed by atoms with Crippen LogP contribution in [0.25, 0.3) is 10.9 Å². The molecule has 1 aromatic heterocycles. The molecule has 0 aliphatic carbocycles. The van der Waals surface area contributed by atoms with Crippen molar-refractivity contribution in [2.24, 2.45) is 0 Å². The highest BCUT2D eigenvalue weighted by atomic mass is 16.6. The summed E-state index contributed by atoms with van der Waals surface area (Å²) in [5, 5.41) is 11.8. The van der Waals surface area contributed by atoms with Gasteiger partial charge in [-0.05, 0) is 55.7 Å². The molecular formula is C24H30N3O4+. The number of hydrogen-bond acceptors (Lipinski definition) is 4. The van der Waals surface area contributed by atoms with Gasteiger partial charge in [0.05, 0.1) is 38.2 Å². The van der Waals surface area contributed by atoms with E-state index in [4.69, 9.17) is 4.74 Å². The van der Waals surface area contributed by atoms with Crippen LogP contribution >= 0.6 is 0 Å². The standard InChI is InChI=1S/C24H30N3O4/c1-27(2,3)22-11-8-19(9-12-22)24(28)31-17-7-5-4-6-15-25-16-14-20-18-21(26(29)30)10-13-23(20)25/h8-14,16,18H,4-7,15,17H2,1-3H3/q+1. The van der Waals surface area contributed by atoms with Crippen LogP contribution in [0.4, 0.5) is 11.4 Å². The molecule has 7 nitrogen and oxygen atoms in total. The first-order chi connectivity index (χ1) is 14.8. The van der Waals surface area contributed by atoms with Crippen LogP contribution in [-0.2, 0) is 11.3 Å². The van der Waals surface area contributed by atoms with Gasteiger partial charge in [-0.25, -0.2) is 4.79 Å². The highest BCUT2D eigenvalue weighted by Crippen LogP contribution is 2.22. The van der Waals surface area contributed by atoms with Crippen LogP contribution in [0.5, 0.6) is 0 Å². The molecule has 0 N–H and O–H groups in total. The molecule has 31 heavy (non-hydrogen) atoms. The van der Waals surface area contributed by atoms with Crippen molar-refractivity contribution >= 4 is 28.2 Å². The Morgan fingerprint density at radius 3 is 2.39 bits per heavy atom. The highest BCUT2D eigenvalue weighted by molar-refractivity contribution is 5.89. The molecule has 0 aliphatic rings. The Kier molecular flexibility index (Phi) is 7.07. The molecule has 0 spiro atoms. The first-order valence-corrected chi connectivity index (χ1v) is 10.6. The Bertz CT molecular complexity index is 1050. The van der Waals surface area contributed by atoms with E-state index >= 15 is 0 Å². The van der Waals surface area contributed by atoms with Crippen LogP contribution in [0.2, 0.25) is 0 Å². The summed E-state index contributed by atoms with van der Waals surface area (Å²) >= 11 is 0. The normalized spacial score (nSPS) is 11.6. The third-order valence-electron chi connectivity index (χ3n) is 5.37. The van der Waals surface area contributed by atoms with E-state index in [2.05, 4.69) is 25.7 Å². The highest BCUT2D eigenvalue weighted by Gasteiger charge is 2.14. The Balaban J connectivity index is 1.36. The molecule has 3 rings (SSSR count). The van der Waals surface area contributed by atoms with Crippen LogP contribution < -0.4 is 4.48 Å². The average Bonchev–Trinajstić information content (AvgIpc) is 3.14. The van der Waals surface area contributed by atoms with Gasteiger partial charge in [-0.2, -0.15) is 0 Å². The summed E-state index contributed by atoms with van der Waals surface area (Å²) in [4.78, 5) is 22.7. The number of ether oxygens (including phenoxy) is 1. The van der Waals surface area contributed by atoms with E-state index in [0.29, 0.717) is 16.7 Å². The molecular weight excluding hydrogens is 394 g/mol. The molecule has 2 aromatic carbocycles. The number of nitro groups is 1. The smallest absolute Gasteiger partial charge is 0.338 e. The zero-order valence-electron chi connectivity index (χ0n) is 18.4. The number of aromatic nitrogens is 1. The van der Waals surface area contributed by atoms with Crippen LogP contribution in [0, 0.1) is 10.1 Å². The van der Waals surface area contributed by atoms with Gasteiger partial charge in [0, 0.05) is 35.8 Å². The lowest BCUT2D eigenvalue weighted by Gasteiger charge is -2.23. The van der Waals surface area contributed by atoms with E-state index in [1.54, 1.807) is 18.2 Å².